The highest BCUT2D eigenvalue weighted by atomic mass is 79.9. The summed E-state index contributed by atoms with van der Waals surface area (Å²) in [7, 11) is 1.88. The molecule has 1 N–H and O–H groups in total. The zero-order valence-corrected chi connectivity index (χ0v) is 13.8. The highest BCUT2D eigenvalue weighted by Gasteiger charge is 2.17. The van der Waals surface area contributed by atoms with E-state index in [9.17, 15) is 4.39 Å². The Morgan fingerprint density at radius 3 is 2.74 bits per heavy atom. The first-order valence-electron chi connectivity index (χ1n) is 5.89. The summed E-state index contributed by atoms with van der Waals surface area (Å²) >= 11 is 11.3. The molecule has 102 valence electrons. The van der Waals surface area contributed by atoms with Gasteiger partial charge in [0.05, 0.1) is 3.79 Å². The summed E-state index contributed by atoms with van der Waals surface area (Å²) in [6, 6.07) is 6.97. The second kappa shape index (κ2) is 6.35. The maximum atomic E-state index is 13.8. The van der Waals surface area contributed by atoms with Crippen molar-refractivity contribution in [3.63, 3.8) is 0 Å². The van der Waals surface area contributed by atoms with E-state index in [-0.39, 0.29) is 11.9 Å². The number of likely N-dealkylation sites (N-methyl/N-ethyl adjacent to an activating group) is 1. The van der Waals surface area contributed by atoms with Gasteiger partial charge in [-0.3, -0.25) is 0 Å². The number of hydrogen-bond donors (Lipinski definition) is 1. The highest BCUT2D eigenvalue weighted by molar-refractivity contribution is 9.11. The third kappa shape index (κ3) is 3.37. The van der Waals surface area contributed by atoms with Crippen molar-refractivity contribution in [1.82, 2.24) is 5.32 Å². The Morgan fingerprint density at radius 2 is 2.21 bits per heavy atom. The van der Waals surface area contributed by atoms with Crippen LogP contribution in [-0.2, 0) is 6.42 Å². The Bertz CT molecular complexity index is 545. The van der Waals surface area contributed by atoms with E-state index in [0.29, 0.717) is 17.0 Å². The first-order valence-corrected chi connectivity index (χ1v) is 7.87. The standard InChI is InChI=1S/C14H14BrClFNS/c1-8-6-13(19-14(8)15)12(18-2)7-9-10(16)4-3-5-11(9)17/h3-6,12,18H,7H2,1-2H3. The summed E-state index contributed by atoms with van der Waals surface area (Å²) in [6.07, 6.45) is 0.536. The molecule has 19 heavy (non-hydrogen) atoms. The van der Waals surface area contributed by atoms with Crippen LogP contribution in [0.2, 0.25) is 5.02 Å². The maximum Gasteiger partial charge on any atom is 0.127 e. The van der Waals surface area contributed by atoms with E-state index in [2.05, 4.69) is 27.3 Å². The number of rotatable bonds is 4. The van der Waals surface area contributed by atoms with Crippen LogP contribution in [0.15, 0.2) is 28.1 Å². The fourth-order valence-corrected chi connectivity index (χ4v) is 3.85. The molecule has 0 radical (unpaired) electrons. The Balaban J connectivity index is 2.29. The molecule has 5 heteroatoms. The van der Waals surface area contributed by atoms with E-state index in [1.165, 1.54) is 16.5 Å². The van der Waals surface area contributed by atoms with Crippen molar-refractivity contribution in [1.29, 1.82) is 0 Å². The van der Waals surface area contributed by atoms with Crippen molar-refractivity contribution < 1.29 is 4.39 Å². The van der Waals surface area contributed by atoms with Crippen molar-refractivity contribution in [3.05, 3.63) is 54.9 Å². The van der Waals surface area contributed by atoms with E-state index in [1.807, 2.05) is 14.0 Å². The lowest BCUT2D eigenvalue weighted by atomic mass is 10.0. The van der Waals surface area contributed by atoms with E-state index in [0.717, 1.165) is 3.79 Å². The van der Waals surface area contributed by atoms with Gasteiger partial charge in [0.2, 0.25) is 0 Å². The normalized spacial score (nSPS) is 12.7. The van der Waals surface area contributed by atoms with E-state index in [4.69, 9.17) is 11.6 Å². The van der Waals surface area contributed by atoms with Gasteiger partial charge in [0.1, 0.15) is 5.82 Å². The summed E-state index contributed by atoms with van der Waals surface area (Å²) in [4.78, 5) is 1.17. The second-order valence-electron chi connectivity index (χ2n) is 4.35. The van der Waals surface area contributed by atoms with Gasteiger partial charge in [0, 0.05) is 21.5 Å². The van der Waals surface area contributed by atoms with Gasteiger partial charge in [0.15, 0.2) is 0 Å². The first kappa shape index (κ1) is 15.0. The van der Waals surface area contributed by atoms with Crippen molar-refractivity contribution in [3.8, 4) is 0 Å². The molecule has 0 aliphatic carbocycles. The molecule has 0 fully saturated rings. The molecule has 1 unspecified atom stereocenters. The minimum Gasteiger partial charge on any atom is -0.312 e. The average Bonchev–Trinajstić information content (AvgIpc) is 2.69. The molecular formula is C14H14BrClFNS. The van der Waals surface area contributed by atoms with Gasteiger partial charge in [-0.05, 0) is 60.1 Å². The number of benzene rings is 1. The number of aryl methyl sites for hydroxylation is 1. The maximum absolute atomic E-state index is 13.8. The predicted octanol–water partition coefficient (Wildman–Crippen LogP) is 5.11. The smallest absolute Gasteiger partial charge is 0.127 e. The molecule has 0 bridgehead atoms. The van der Waals surface area contributed by atoms with Gasteiger partial charge in [-0.15, -0.1) is 11.3 Å². The molecule has 0 aliphatic heterocycles. The Kier molecular flexibility index (Phi) is 5.01. The topological polar surface area (TPSA) is 12.0 Å². The van der Waals surface area contributed by atoms with Crippen molar-refractivity contribution in [2.75, 3.05) is 7.05 Å². The van der Waals surface area contributed by atoms with Crippen molar-refractivity contribution >= 4 is 38.9 Å². The number of halogens is 3. The van der Waals surface area contributed by atoms with Crippen molar-refractivity contribution in [2.24, 2.45) is 0 Å². The molecule has 1 aromatic carbocycles. The molecule has 1 heterocycles. The summed E-state index contributed by atoms with van der Waals surface area (Å²) in [6.45, 7) is 2.05. The van der Waals surface area contributed by atoms with E-state index in [1.54, 1.807) is 23.5 Å². The third-order valence-electron chi connectivity index (χ3n) is 3.04. The quantitative estimate of drug-likeness (QED) is 0.796. The van der Waals surface area contributed by atoms with Crippen LogP contribution in [-0.4, -0.2) is 7.05 Å². The van der Waals surface area contributed by atoms with Crippen LogP contribution < -0.4 is 5.32 Å². The van der Waals surface area contributed by atoms with Gasteiger partial charge in [-0.1, -0.05) is 17.7 Å². The molecule has 1 atom stereocenters. The molecule has 2 aromatic rings. The Labute approximate surface area is 129 Å². The van der Waals surface area contributed by atoms with Crippen LogP contribution in [0.1, 0.15) is 22.0 Å². The van der Waals surface area contributed by atoms with Gasteiger partial charge >= 0.3 is 0 Å². The minimum absolute atomic E-state index is 0.0596. The monoisotopic (exact) mass is 361 g/mol. The van der Waals surface area contributed by atoms with Gasteiger partial charge in [0.25, 0.3) is 0 Å². The molecule has 1 aromatic heterocycles. The largest absolute Gasteiger partial charge is 0.312 e. The van der Waals surface area contributed by atoms with E-state index >= 15 is 0 Å². The molecule has 1 nitrogen and oxygen atoms in total. The zero-order valence-electron chi connectivity index (χ0n) is 10.6. The second-order valence-corrected chi connectivity index (χ2v) is 7.16. The van der Waals surface area contributed by atoms with Crippen LogP contribution in [0, 0.1) is 12.7 Å². The fraction of sp³-hybridized carbons (Fsp3) is 0.286. The Hall–Kier alpha value is -0.420. The Morgan fingerprint density at radius 1 is 1.47 bits per heavy atom. The molecule has 0 saturated heterocycles. The number of nitrogens with one attached hydrogen (secondary N) is 1. The first-order chi connectivity index (χ1) is 9.02. The van der Waals surface area contributed by atoms with Crippen LogP contribution in [0.4, 0.5) is 4.39 Å². The molecule has 0 spiro atoms. The number of thiophene rings is 1. The molecule has 2 rings (SSSR count). The third-order valence-corrected chi connectivity index (χ3v) is 5.64. The highest BCUT2D eigenvalue weighted by Crippen LogP contribution is 2.34. The van der Waals surface area contributed by atoms with Crippen LogP contribution in [0.5, 0.6) is 0 Å². The zero-order chi connectivity index (χ0) is 14.0. The van der Waals surface area contributed by atoms with Crippen LogP contribution >= 0.6 is 38.9 Å². The molecule has 0 amide bonds. The van der Waals surface area contributed by atoms with Gasteiger partial charge in [-0.2, -0.15) is 0 Å². The van der Waals surface area contributed by atoms with Crippen LogP contribution in [0.25, 0.3) is 0 Å². The SMILES string of the molecule is CNC(Cc1c(F)cccc1Cl)c1cc(C)c(Br)s1. The molecular weight excluding hydrogens is 349 g/mol. The summed E-state index contributed by atoms with van der Waals surface area (Å²) < 4.78 is 14.9. The fourth-order valence-electron chi connectivity index (χ4n) is 1.93. The lowest BCUT2D eigenvalue weighted by Gasteiger charge is -2.16. The molecule has 0 saturated carbocycles. The minimum atomic E-state index is -0.250. The summed E-state index contributed by atoms with van der Waals surface area (Å²) in [5.74, 6) is -0.250. The number of hydrogen-bond acceptors (Lipinski definition) is 2. The van der Waals surface area contributed by atoms with Gasteiger partial charge in [-0.25, -0.2) is 4.39 Å². The molecule has 0 aliphatic rings. The average molecular weight is 363 g/mol. The lowest BCUT2D eigenvalue weighted by Crippen LogP contribution is -2.18. The lowest BCUT2D eigenvalue weighted by molar-refractivity contribution is 0.560. The van der Waals surface area contributed by atoms with Gasteiger partial charge < -0.3 is 5.32 Å². The van der Waals surface area contributed by atoms with Crippen LogP contribution in [0.3, 0.4) is 0 Å². The predicted molar refractivity (Wildman–Crippen MR) is 83.7 cm³/mol. The summed E-state index contributed by atoms with van der Waals surface area (Å²) in [5, 5.41) is 3.71. The van der Waals surface area contributed by atoms with E-state index < -0.39 is 0 Å². The summed E-state index contributed by atoms with van der Waals surface area (Å²) in [5.41, 5.74) is 1.76. The van der Waals surface area contributed by atoms with Crippen molar-refractivity contribution in [2.45, 2.75) is 19.4 Å².